The molecule has 1 N–H and O–H groups in total. The molecule has 162 valence electrons. The zero-order chi connectivity index (χ0) is 22.0. The number of amides is 2. The van der Waals surface area contributed by atoms with Crippen LogP contribution in [0.2, 0.25) is 0 Å². The molecule has 31 heavy (non-hydrogen) atoms. The zero-order valence-corrected chi connectivity index (χ0v) is 19.0. The van der Waals surface area contributed by atoms with Gasteiger partial charge in [0, 0.05) is 37.8 Å². The number of aromatic nitrogens is 2. The lowest BCUT2D eigenvalue weighted by atomic mass is 9.73. The number of nitrogens with zero attached hydrogens (tertiary/aromatic N) is 3. The first-order valence-electron chi connectivity index (χ1n) is 10.5. The number of carbonyl (C=O) groups is 2. The van der Waals surface area contributed by atoms with Gasteiger partial charge in [-0.05, 0) is 48.8 Å². The van der Waals surface area contributed by atoms with Crippen molar-refractivity contribution in [1.29, 1.82) is 0 Å². The number of likely N-dealkylation sites (tertiary alicyclic amines) is 1. The first-order chi connectivity index (χ1) is 14.9. The topological polar surface area (TPSA) is 69.3 Å². The smallest absolute Gasteiger partial charge is 0.257 e. The van der Waals surface area contributed by atoms with Crippen LogP contribution in [-0.4, -0.2) is 59.0 Å². The van der Waals surface area contributed by atoms with E-state index in [1.807, 2.05) is 30.0 Å². The van der Waals surface area contributed by atoms with Gasteiger partial charge in [0.15, 0.2) is 0 Å². The van der Waals surface area contributed by atoms with Gasteiger partial charge in [0.25, 0.3) is 5.91 Å². The Kier molecular flexibility index (Phi) is 5.96. The van der Waals surface area contributed by atoms with Crippen LogP contribution in [0.1, 0.15) is 34.5 Å². The van der Waals surface area contributed by atoms with Crippen molar-refractivity contribution in [3.05, 3.63) is 64.8 Å². The van der Waals surface area contributed by atoms with Crippen molar-refractivity contribution >= 4 is 23.2 Å². The Morgan fingerprint density at radius 1 is 1.23 bits per heavy atom. The quantitative estimate of drug-likeness (QED) is 0.657. The lowest BCUT2D eigenvalue weighted by molar-refractivity contribution is -0.142. The van der Waals surface area contributed by atoms with E-state index < -0.39 is 5.41 Å². The second-order valence-corrected chi connectivity index (χ2v) is 9.48. The number of H-pyrrole nitrogens is 1. The Balaban J connectivity index is 1.69. The SMILES string of the molecule is Cc1[nH]ncc1C(=O)N1CCCC(Cc2ccccc2-c2cccs2)(C(=O)N(C)C)C1. The van der Waals surface area contributed by atoms with Gasteiger partial charge in [0.05, 0.1) is 17.2 Å². The molecule has 1 aliphatic rings. The molecule has 2 aromatic heterocycles. The van der Waals surface area contributed by atoms with Crippen LogP contribution in [0, 0.1) is 12.3 Å². The number of hydrogen-bond acceptors (Lipinski definition) is 4. The van der Waals surface area contributed by atoms with Crippen LogP contribution in [-0.2, 0) is 11.2 Å². The van der Waals surface area contributed by atoms with Gasteiger partial charge in [-0.2, -0.15) is 5.10 Å². The highest BCUT2D eigenvalue weighted by molar-refractivity contribution is 7.13. The van der Waals surface area contributed by atoms with E-state index in [4.69, 9.17) is 0 Å². The Labute approximate surface area is 186 Å². The van der Waals surface area contributed by atoms with Crippen molar-refractivity contribution in [3.8, 4) is 10.4 Å². The van der Waals surface area contributed by atoms with Gasteiger partial charge >= 0.3 is 0 Å². The van der Waals surface area contributed by atoms with Crippen molar-refractivity contribution in [3.63, 3.8) is 0 Å². The minimum atomic E-state index is -0.650. The number of piperidine rings is 1. The second kappa shape index (κ2) is 8.67. The molecule has 3 aromatic rings. The zero-order valence-electron chi connectivity index (χ0n) is 18.2. The molecule has 4 rings (SSSR count). The first kappa shape index (κ1) is 21.3. The standard InChI is InChI=1S/C24H28N4O2S/c1-17-20(15-25-26-17)22(29)28-12-7-11-24(16-28,23(30)27(2)3)14-18-8-4-5-9-19(18)21-10-6-13-31-21/h4-6,8-10,13,15H,7,11-12,14,16H2,1-3H3,(H,25,26). The third kappa shape index (κ3) is 4.14. The van der Waals surface area contributed by atoms with Gasteiger partial charge in [-0.3, -0.25) is 14.7 Å². The molecule has 1 unspecified atom stereocenters. The molecule has 0 aliphatic carbocycles. The van der Waals surface area contributed by atoms with Crippen molar-refractivity contribution < 1.29 is 9.59 Å². The van der Waals surface area contributed by atoms with E-state index in [1.165, 1.54) is 4.88 Å². The van der Waals surface area contributed by atoms with Gasteiger partial charge in [0.2, 0.25) is 5.91 Å². The summed E-state index contributed by atoms with van der Waals surface area (Å²) in [5, 5.41) is 8.91. The molecule has 2 amide bonds. The van der Waals surface area contributed by atoms with Crippen molar-refractivity contribution in [2.75, 3.05) is 27.2 Å². The maximum atomic E-state index is 13.5. The van der Waals surface area contributed by atoms with Crippen LogP contribution in [0.3, 0.4) is 0 Å². The fourth-order valence-corrected chi connectivity index (χ4v) is 5.41. The van der Waals surface area contributed by atoms with Gasteiger partial charge < -0.3 is 9.80 Å². The molecule has 1 saturated heterocycles. The maximum absolute atomic E-state index is 13.5. The third-order valence-electron chi connectivity index (χ3n) is 6.12. The highest BCUT2D eigenvalue weighted by Crippen LogP contribution is 2.39. The number of aromatic amines is 1. The normalized spacial score (nSPS) is 18.7. The summed E-state index contributed by atoms with van der Waals surface area (Å²) >= 11 is 1.70. The van der Waals surface area contributed by atoms with E-state index >= 15 is 0 Å². The third-order valence-corrected chi connectivity index (χ3v) is 7.02. The number of hydrogen-bond donors (Lipinski definition) is 1. The molecule has 1 fully saturated rings. The summed E-state index contributed by atoms with van der Waals surface area (Å²) in [4.78, 5) is 31.4. The minimum absolute atomic E-state index is 0.0616. The number of aryl methyl sites for hydroxylation is 1. The largest absolute Gasteiger partial charge is 0.348 e. The molecule has 7 heteroatoms. The summed E-state index contributed by atoms with van der Waals surface area (Å²) in [6, 6.07) is 12.5. The average Bonchev–Trinajstić information content (AvgIpc) is 3.45. The average molecular weight is 437 g/mol. The van der Waals surface area contributed by atoms with Crippen LogP contribution in [0.15, 0.2) is 48.0 Å². The Morgan fingerprint density at radius 2 is 2.03 bits per heavy atom. The summed E-state index contributed by atoms with van der Waals surface area (Å²) in [6.45, 7) is 2.91. The van der Waals surface area contributed by atoms with Crippen LogP contribution < -0.4 is 0 Å². The van der Waals surface area contributed by atoms with Crippen LogP contribution >= 0.6 is 11.3 Å². The lowest BCUT2D eigenvalue weighted by Gasteiger charge is -2.43. The van der Waals surface area contributed by atoms with Crippen molar-refractivity contribution in [2.24, 2.45) is 5.41 Å². The molecule has 0 radical (unpaired) electrons. The van der Waals surface area contributed by atoms with Crippen molar-refractivity contribution in [1.82, 2.24) is 20.0 Å². The van der Waals surface area contributed by atoms with E-state index in [1.54, 1.807) is 36.5 Å². The Hall–Kier alpha value is -2.93. The monoisotopic (exact) mass is 436 g/mol. The molecule has 1 atom stereocenters. The highest BCUT2D eigenvalue weighted by atomic mass is 32.1. The highest BCUT2D eigenvalue weighted by Gasteiger charge is 2.45. The summed E-state index contributed by atoms with van der Waals surface area (Å²) in [5.74, 6) is 0.0170. The van der Waals surface area contributed by atoms with E-state index in [-0.39, 0.29) is 11.8 Å². The van der Waals surface area contributed by atoms with Crippen LogP contribution in [0.4, 0.5) is 0 Å². The first-order valence-corrected chi connectivity index (χ1v) is 11.4. The van der Waals surface area contributed by atoms with E-state index in [9.17, 15) is 9.59 Å². The van der Waals surface area contributed by atoms with Gasteiger partial charge in [-0.15, -0.1) is 11.3 Å². The van der Waals surface area contributed by atoms with Gasteiger partial charge in [0.1, 0.15) is 0 Å². The maximum Gasteiger partial charge on any atom is 0.257 e. The fourth-order valence-electron chi connectivity index (χ4n) is 4.62. The van der Waals surface area contributed by atoms with E-state index in [0.29, 0.717) is 25.1 Å². The van der Waals surface area contributed by atoms with Crippen molar-refractivity contribution in [2.45, 2.75) is 26.2 Å². The number of nitrogens with one attached hydrogen (secondary N) is 1. The van der Waals surface area contributed by atoms with E-state index in [0.717, 1.165) is 29.7 Å². The Bertz CT molecular complexity index is 1070. The van der Waals surface area contributed by atoms with Gasteiger partial charge in [-0.1, -0.05) is 30.3 Å². The predicted octanol–water partition coefficient (Wildman–Crippen LogP) is 4.00. The fraction of sp³-hybridized carbons (Fsp3) is 0.375. The molecule has 0 bridgehead atoms. The van der Waals surface area contributed by atoms with Crippen LogP contribution in [0.25, 0.3) is 10.4 Å². The Morgan fingerprint density at radius 3 is 2.71 bits per heavy atom. The van der Waals surface area contributed by atoms with Crippen LogP contribution in [0.5, 0.6) is 0 Å². The molecule has 6 nitrogen and oxygen atoms in total. The summed E-state index contributed by atoms with van der Waals surface area (Å²) in [7, 11) is 3.60. The molecule has 1 aromatic carbocycles. The van der Waals surface area contributed by atoms with E-state index in [2.05, 4.69) is 33.8 Å². The second-order valence-electron chi connectivity index (χ2n) is 8.53. The number of thiophene rings is 1. The molecule has 0 saturated carbocycles. The number of carbonyl (C=O) groups excluding carboxylic acids is 2. The molecular formula is C24H28N4O2S. The van der Waals surface area contributed by atoms with Gasteiger partial charge in [-0.25, -0.2) is 0 Å². The molecule has 3 heterocycles. The summed E-state index contributed by atoms with van der Waals surface area (Å²) in [6.07, 6.45) is 3.74. The predicted molar refractivity (Wildman–Crippen MR) is 123 cm³/mol. The lowest BCUT2D eigenvalue weighted by Crippen LogP contribution is -2.54. The number of rotatable bonds is 5. The molecule has 1 aliphatic heterocycles. The number of benzene rings is 1. The molecular weight excluding hydrogens is 408 g/mol. The summed E-state index contributed by atoms with van der Waals surface area (Å²) < 4.78 is 0. The molecule has 0 spiro atoms. The summed E-state index contributed by atoms with van der Waals surface area (Å²) in [5.41, 5.74) is 2.99. The minimum Gasteiger partial charge on any atom is -0.348 e.